The number of phenolic OH excluding ortho intramolecular Hbond substituents is 1. The summed E-state index contributed by atoms with van der Waals surface area (Å²) in [6, 6.07) is 16.5. The van der Waals surface area contributed by atoms with Crippen LogP contribution in [-0.4, -0.2) is 34.7 Å². The maximum absolute atomic E-state index is 13.0. The highest BCUT2D eigenvalue weighted by Gasteiger charge is 2.27. The van der Waals surface area contributed by atoms with Gasteiger partial charge in [-0.3, -0.25) is 9.79 Å². The summed E-state index contributed by atoms with van der Waals surface area (Å²) in [4.78, 5) is 19.8. The van der Waals surface area contributed by atoms with Gasteiger partial charge in [-0.2, -0.15) is 0 Å². The Morgan fingerprint density at radius 1 is 1.22 bits per heavy atom. The number of hydrogen-bond acceptors (Lipinski definition) is 4. The van der Waals surface area contributed by atoms with E-state index < -0.39 is 0 Å². The number of amidine groups is 1. The van der Waals surface area contributed by atoms with Gasteiger partial charge < -0.3 is 10.0 Å². The van der Waals surface area contributed by atoms with Gasteiger partial charge in [-0.15, -0.1) is 6.58 Å². The van der Waals surface area contributed by atoms with Gasteiger partial charge in [-0.05, 0) is 30.5 Å². The van der Waals surface area contributed by atoms with Crippen molar-refractivity contribution in [3.63, 3.8) is 0 Å². The molecule has 0 saturated heterocycles. The molecule has 0 bridgehead atoms. The zero-order valence-electron chi connectivity index (χ0n) is 16.1. The molecule has 1 N–H and O–H groups in total. The molecule has 0 fully saturated rings. The number of rotatable bonds is 6. The molecule has 1 heterocycles. The second-order valence-corrected chi connectivity index (χ2v) is 6.11. The Morgan fingerprint density at radius 2 is 1.96 bits per heavy atom. The Hall–Kier alpha value is -2.88. The predicted molar refractivity (Wildman–Crippen MR) is 111 cm³/mol. The summed E-state index contributed by atoms with van der Waals surface area (Å²) in [6.45, 7) is 9.25. The van der Waals surface area contributed by atoms with Crippen molar-refractivity contribution in [3.8, 4) is 5.75 Å². The first kappa shape index (κ1) is 20.4. The van der Waals surface area contributed by atoms with E-state index in [1.807, 2.05) is 55.2 Å². The molecule has 0 aliphatic carbocycles. The van der Waals surface area contributed by atoms with Gasteiger partial charge in [0.1, 0.15) is 5.75 Å². The lowest BCUT2D eigenvalue weighted by Crippen LogP contribution is -2.41. The third-order valence-corrected chi connectivity index (χ3v) is 4.35. The number of carbonyl (C=O) groups excluding carboxylic acids is 1. The first-order valence-corrected chi connectivity index (χ1v) is 9.51. The Labute approximate surface area is 161 Å². The van der Waals surface area contributed by atoms with Gasteiger partial charge in [-0.25, -0.2) is 0 Å². The lowest BCUT2D eigenvalue weighted by atomic mass is 10.0. The molecule has 3 rings (SSSR count). The van der Waals surface area contributed by atoms with Crippen LogP contribution < -0.4 is 0 Å². The van der Waals surface area contributed by atoms with Crippen molar-refractivity contribution >= 4 is 11.6 Å². The summed E-state index contributed by atoms with van der Waals surface area (Å²) in [5, 5.41) is 9.68. The predicted octanol–water partition coefficient (Wildman–Crippen LogP) is 5.02. The van der Waals surface area contributed by atoms with Gasteiger partial charge in [0.2, 0.25) is 5.78 Å². The maximum atomic E-state index is 13.0. The molecule has 0 amide bonds. The number of ketones is 1. The Morgan fingerprint density at radius 3 is 2.63 bits per heavy atom. The highest BCUT2D eigenvalue weighted by Crippen LogP contribution is 2.27. The first-order chi connectivity index (χ1) is 13.2. The van der Waals surface area contributed by atoms with E-state index in [0.29, 0.717) is 17.9 Å². The molecule has 0 aromatic heterocycles. The summed E-state index contributed by atoms with van der Waals surface area (Å²) >= 11 is 0. The summed E-state index contributed by atoms with van der Waals surface area (Å²) in [5.41, 5.74) is 1.57. The molecule has 4 heteroatoms. The smallest absolute Gasteiger partial charge is 0.227 e. The van der Waals surface area contributed by atoms with Crippen LogP contribution in [0.5, 0.6) is 5.75 Å². The number of benzene rings is 2. The number of Topliss-reactive ketones (excluding diaryl/α,β-unsaturated/α-hetero) is 1. The number of aromatic hydroxyl groups is 1. The quantitative estimate of drug-likeness (QED) is 0.578. The van der Waals surface area contributed by atoms with Crippen LogP contribution in [0.2, 0.25) is 0 Å². The number of hydrogen-bond donors (Lipinski definition) is 1. The number of phenols is 1. The summed E-state index contributed by atoms with van der Waals surface area (Å²) in [5.74, 6) is 0.396. The van der Waals surface area contributed by atoms with E-state index >= 15 is 0 Å². The Bertz CT molecular complexity index is 784. The molecular weight excluding hydrogens is 336 g/mol. The minimum absolute atomic E-state index is 0.0163. The third-order valence-electron chi connectivity index (χ3n) is 4.35. The molecule has 0 spiro atoms. The van der Waals surface area contributed by atoms with E-state index in [1.165, 1.54) is 6.07 Å². The summed E-state index contributed by atoms with van der Waals surface area (Å²) in [6.07, 6.45) is 3.51. The lowest BCUT2D eigenvalue weighted by Gasteiger charge is -2.32. The minimum atomic E-state index is -0.152. The van der Waals surface area contributed by atoms with Crippen molar-refractivity contribution in [2.24, 2.45) is 4.99 Å². The monoisotopic (exact) mass is 364 g/mol. The van der Waals surface area contributed by atoms with Crippen LogP contribution in [-0.2, 0) is 0 Å². The van der Waals surface area contributed by atoms with Crippen LogP contribution in [0.3, 0.4) is 0 Å². The van der Waals surface area contributed by atoms with Crippen LogP contribution >= 0.6 is 0 Å². The molecule has 2 aromatic carbocycles. The largest absolute Gasteiger partial charge is 0.508 e. The van der Waals surface area contributed by atoms with Gasteiger partial charge in [0.25, 0.3) is 0 Å². The van der Waals surface area contributed by atoms with Gasteiger partial charge in [-0.1, -0.05) is 62.4 Å². The fourth-order valence-corrected chi connectivity index (χ4v) is 3.04. The molecule has 0 saturated carbocycles. The second kappa shape index (κ2) is 10.3. The van der Waals surface area contributed by atoms with Gasteiger partial charge in [0, 0.05) is 18.7 Å². The fraction of sp³-hybridized carbons (Fsp3) is 0.304. The van der Waals surface area contributed by atoms with Crippen LogP contribution in [0.4, 0.5) is 0 Å². The van der Waals surface area contributed by atoms with Gasteiger partial charge >= 0.3 is 0 Å². The average Bonchev–Trinajstić information content (AvgIpc) is 2.73. The highest BCUT2D eigenvalue weighted by atomic mass is 16.3. The normalized spacial score (nSPS) is 16.0. The topological polar surface area (TPSA) is 52.9 Å². The van der Waals surface area contributed by atoms with E-state index in [2.05, 4.69) is 6.58 Å². The van der Waals surface area contributed by atoms with E-state index in [9.17, 15) is 9.90 Å². The number of aliphatic imine (C=N–C) groups is 1. The van der Waals surface area contributed by atoms with Crippen LogP contribution in [0.1, 0.15) is 48.7 Å². The van der Waals surface area contributed by atoms with E-state index in [4.69, 9.17) is 4.99 Å². The Balaban J connectivity index is 0.00000126. The van der Waals surface area contributed by atoms with E-state index in [-0.39, 0.29) is 17.6 Å². The zero-order valence-corrected chi connectivity index (χ0v) is 16.1. The molecule has 1 aliphatic heterocycles. The van der Waals surface area contributed by atoms with Crippen LogP contribution in [0.15, 0.2) is 72.2 Å². The lowest BCUT2D eigenvalue weighted by molar-refractivity contribution is 0.104. The number of nitrogens with zero attached hydrogens (tertiary/aromatic N) is 2. The van der Waals surface area contributed by atoms with Crippen LogP contribution in [0.25, 0.3) is 0 Å². The van der Waals surface area contributed by atoms with Crippen molar-refractivity contribution in [1.29, 1.82) is 0 Å². The van der Waals surface area contributed by atoms with E-state index in [0.717, 1.165) is 24.9 Å². The standard InChI is InChI=1S/C21H22N2O2.C2H6/c1-2-3-13-23-14-12-19(16-8-5-4-6-9-16)22-21(23)20(25)17-10-7-11-18(24)15-17;1-2/h2,4-11,15,19,24H,1,3,12-14H2;1-2H3. The van der Waals surface area contributed by atoms with E-state index in [1.54, 1.807) is 18.2 Å². The fourth-order valence-electron chi connectivity index (χ4n) is 3.04. The van der Waals surface area contributed by atoms with Crippen molar-refractivity contribution in [3.05, 3.63) is 78.4 Å². The molecular formula is C23H28N2O2. The molecule has 27 heavy (non-hydrogen) atoms. The van der Waals surface area contributed by atoms with Gasteiger partial charge in [0.15, 0.2) is 5.84 Å². The molecule has 1 unspecified atom stereocenters. The molecule has 2 aromatic rings. The van der Waals surface area contributed by atoms with Gasteiger partial charge in [0.05, 0.1) is 6.04 Å². The van der Waals surface area contributed by atoms with Crippen molar-refractivity contribution in [2.45, 2.75) is 32.7 Å². The SMILES string of the molecule is C=CCCN1CCC(c2ccccc2)N=C1C(=O)c1cccc(O)c1.CC. The molecule has 1 atom stereocenters. The highest BCUT2D eigenvalue weighted by molar-refractivity contribution is 6.45. The second-order valence-electron chi connectivity index (χ2n) is 6.11. The molecule has 1 aliphatic rings. The minimum Gasteiger partial charge on any atom is -0.508 e. The molecule has 4 nitrogen and oxygen atoms in total. The van der Waals surface area contributed by atoms with Crippen molar-refractivity contribution < 1.29 is 9.90 Å². The van der Waals surface area contributed by atoms with Crippen molar-refractivity contribution in [2.75, 3.05) is 13.1 Å². The molecule has 142 valence electrons. The molecule has 0 radical (unpaired) electrons. The zero-order chi connectivity index (χ0) is 19.6. The Kier molecular flexibility index (Phi) is 7.80. The third kappa shape index (κ3) is 5.30. The summed E-state index contributed by atoms with van der Waals surface area (Å²) in [7, 11) is 0. The summed E-state index contributed by atoms with van der Waals surface area (Å²) < 4.78 is 0. The van der Waals surface area contributed by atoms with Crippen LogP contribution in [0, 0.1) is 0 Å². The maximum Gasteiger partial charge on any atom is 0.227 e. The number of carbonyl (C=O) groups is 1. The first-order valence-electron chi connectivity index (χ1n) is 9.51. The van der Waals surface area contributed by atoms with Crippen molar-refractivity contribution in [1.82, 2.24) is 4.90 Å². The average molecular weight is 364 g/mol.